The Kier molecular flexibility index (Phi) is 6.08. The van der Waals surface area contributed by atoms with E-state index in [1.807, 2.05) is 0 Å². The molecule has 0 aliphatic carbocycles. The van der Waals surface area contributed by atoms with Crippen LogP contribution >= 0.6 is 11.6 Å². The number of anilines is 1. The highest BCUT2D eigenvalue weighted by molar-refractivity contribution is 6.30. The topological polar surface area (TPSA) is 80.3 Å². The van der Waals surface area contributed by atoms with E-state index < -0.39 is 5.91 Å². The van der Waals surface area contributed by atoms with E-state index in [2.05, 4.69) is 15.6 Å². The van der Waals surface area contributed by atoms with Crippen LogP contribution in [0.4, 0.5) is 5.69 Å². The van der Waals surface area contributed by atoms with E-state index in [0.717, 1.165) is 0 Å². The molecule has 2 rings (SSSR count). The van der Waals surface area contributed by atoms with Crippen LogP contribution in [0.3, 0.4) is 0 Å². The second kappa shape index (κ2) is 8.26. The van der Waals surface area contributed by atoms with Crippen molar-refractivity contribution >= 4 is 29.1 Å². The molecule has 0 unspecified atom stereocenters. The van der Waals surface area contributed by atoms with Gasteiger partial charge in [-0.1, -0.05) is 11.6 Å². The van der Waals surface area contributed by atoms with Crippen LogP contribution in [0.25, 0.3) is 0 Å². The molecule has 1 aromatic heterocycles. The molecule has 23 heavy (non-hydrogen) atoms. The Bertz CT molecular complexity index is 689. The lowest BCUT2D eigenvalue weighted by Crippen LogP contribution is -2.27. The highest BCUT2D eigenvalue weighted by Crippen LogP contribution is 2.14. The van der Waals surface area contributed by atoms with Crippen LogP contribution in [0.5, 0.6) is 0 Å². The number of amides is 2. The smallest absolute Gasteiger partial charge is 0.274 e. The Hall–Kier alpha value is -2.44. The zero-order valence-electron chi connectivity index (χ0n) is 12.5. The van der Waals surface area contributed by atoms with Crippen molar-refractivity contribution in [1.82, 2.24) is 10.3 Å². The summed E-state index contributed by atoms with van der Waals surface area (Å²) in [6.07, 6.45) is 1.42. The summed E-state index contributed by atoms with van der Waals surface area (Å²) < 4.78 is 4.86. The zero-order chi connectivity index (χ0) is 16.7. The maximum Gasteiger partial charge on any atom is 0.274 e. The Balaban J connectivity index is 2.04. The Morgan fingerprint density at radius 2 is 1.91 bits per heavy atom. The molecule has 0 saturated carbocycles. The lowest BCUT2D eigenvalue weighted by atomic mass is 10.2. The number of hydrogen-bond acceptors (Lipinski definition) is 4. The number of nitrogens with zero attached hydrogens (tertiary/aromatic N) is 1. The predicted molar refractivity (Wildman–Crippen MR) is 87.9 cm³/mol. The predicted octanol–water partition coefficient (Wildman–Crippen LogP) is 2.36. The molecule has 0 fully saturated rings. The summed E-state index contributed by atoms with van der Waals surface area (Å²) in [6.45, 7) is 0.810. The molecule has 0 aliphatic rings. The summed E-state index contributed by atoms with van der Waals surface area (Å²) in [4.78, 5) is 28.1. The summed E-state index contributed by atoms with van der Waals surface area (Å²) in [5.41, 5.74) is 1.10. The fraction of sp³-hybridized carbons (Fsp3) is 0.188. The minimum Gasteiger partial charge on any atom is -0.383 e. The molecule has 2 aromatic rings. The van der Waals surface area contributed by atoms with Gasteiger partial charge in [0.05, 0.1) is 6.61 Å². The van der Waals surface area contributed by atoms with Gasteiger partial charge in [-0.3, -0.25) is 14.6 Å². The number of halogens is 1. The third kappa shape index (κ3) is 5.05. The first-order valence-electron chi connectivity index (χ1n) is 6.90. The number of methoxy groups -OCH3 is 1. The van der Waals surface area contributed by atoms with E-state index >= 15 is 0 Å². The van der Waals surface area contributed by atoms with E-state index in [9.17, 15) is 9.59 Å². The fourth-order valence-corrected chi connectivity index (χ4v) is 1.92. The number of ether oxygens (including phenoxy) is 1. The molecule has 0 spiro atoms. The number of rotatable bonds is 6. The summed E-state index contributed by atoms with van der Waals surface area (Å²) in [6, 6.07) is 9.69. The van der Waals surface area contributed by atoms with Gasteiger partial charge in [-0.2, -0.15) is 0 Å². The summed E-state index contributed by atoms with van der Waals surface area (Å²) in [5.74, 6) is -0.691. The van der Waals surface area contributed by atoms with Crippen LogP contribution in [0.2, 0.25) is 5.02 Å². The number of hydrogen-bond donors (Lipinski definition) is 2. The third-order valence-corrected chi connectivity index (χ3v) is 3.20. The molecule has 0 aliphatic heterocycles. The number of pyridine rings is 1. The first-order chi connectivity index (χ1) is 11.1. The lowest BCUT2D eigenvalue weighted by molar-refractivity contribution is 0.0937. The van der Waals surface area contributed by atoms with Crippen molar-refractivity contribution in [1.29, 1.82) is 0 Å². The van der Waals surface area contributed by atoms with Gasteiger partial charge in [0.25, 0.3) is 11.8 Å². The molecular weight excluding hydrogens is 318 g/mol. The maximum absolute atomic E-state index is 12.2. The summed E-state index contributed by atoms with van der Waals surface area (Å²) in [5, 5.41) is 5.96. The second-order valence-corrected chi connectivity index (χ2v) is 5.08. The van der Waals surface area contributed by atoms with Crippen molar-refractivity contribution in [3.63, 3.8) is 0 Å². The largest absolute Gasteiger partial charge is 0.383 e. The van der Waals surface area contributed by atoms with Crippen molar-refractivity contribution < 1.29 is 14.3 Å². The highest BCUT2D eigenvalue weighted by atomic mass is 35.5. The summed E-state index contributed by atoms with van der Waals surface area (Å²) >= 11 is 5.79. The van der Waals surface area contributed by atoms with Crippen LogP contribution in [0.1, 0.15) is 20.8 Å². The quantitative estimate of drug-likeness (QED) is 0.795. The van der Waals surface area contributed by atoms with E-state index in [1.54, 1.807) is 37.4 Å². The molecular formula is C16H16ClN3O3. The number of benzene rings is 1. The number of nitrogens with one attached hydrogen (secondary N) is 2. The van der Waals surface area contributed by atoms with E-state index in [-0.39, 0.29) is 11.6 Å². The molecule has 0 saturated heterocycles. The van der Waals surface area contributed by atoms with Gasteiger partial charge >= 0.3 is 0 Å². The van der Waals surface area contributed by atoms with Gasteiger partial charge in [0.15, 0.2) is 0 Å². The first kappa shape index (κ1) is 16.9. The van der Waals surface area contributed by atoms with Crippen molar-refractivity contribution in [3.8, 4) is 0 Å². The van der Waals surface area contributed by atoms with Crippen molar-refractivity contribution in [3.05, 3.63) is 58.9 Å². The SMILES string of the molecule is COCCNC(=O)c1ccnc(C(=O)Nc2ccc(Cl)cc2)c1. The molecule has 0 bridgehead atoms. The molecule has 1 aromatic carbocycles. The first-order valence-corrected chi connectivity index (χ1v) is 7.28. The Morgan fingerprint density at radius 3 is 2.61 bits per heavy atom. The van der Waals surface area contributed by atoms with Gasteiger partial charge in [0.1, 0.15) is 5.69 Å². The number of aromatic nitrogens is 1. The van der Waals surface area contributed by atoms with E-state index in [0.29, 0.717) is 29.4 Å². The molecule has 6 nitrogen and oxygen atoms in total. The zero-order valence-corrected chi connectivity index (χ0v) is 13.3. The average Bonchev–Trinajstić information content (AvgIpc) is 2.57. The highest BCUT2D eigenvalue weighted by Gasteiger charge is 2.12. The molecule has 0 radical (unpaired) electrons. The van der Waals surface area contributed by atoms with Crippen molar-refractivity contribution in [2.75, 3.05) is 25.6 Å². The molecule has 0 atom stereocenters. The molecule has 2 N–H and O–H groups in total. The normalized spacial score (nSPS) is 10.2. The fourth-order valence-electron chi connectivity index (χ4n) is 1.79. The van der Waals surface area contributed by atoms with E-state index in [1.165, 1.54) is 12.3 Å². The standard InChI is InChI=1S/C16H16ClN3O3/c1-23-9-8-19-15(21)11-6-7-18-14(10-11)16(22)20-13-4-2-12(17)3-5-13/h2-7,10H,8-9H2,1H3,(H,19,21)(H,20,22). The van der Waals surface area contributed by atoms with Crippen molar-refractivity contribution in [2.45, 2.75) is 0 Å². The van der Waals surface area contributed by atoms with Crippen LogP contribution in [-0.4, -0.2) is 37.1 Å². The van der Waals surface area contributed by atoms with Crippen LogP contribution < -0.4 is 10.6 Å². The monoisotopic (exact) mass is 333 g/mol. The van der Waals surface area contributed by atoms with Crippen molar-refractivity contribution in [2.24, 2.45) is 0 Å². The van der Waals surface area contributed by atoms with E-state index in [4.69, 9.17) is 16.3 Å². The van der Waals surface area contributed by atoms with Gasteiger partial charge in [0, 0.05) is 36.1 Å². The molecule has 1 heterocycles. The van der Waals surface area contributed by atoms with Gasteiger partial charge in [0.2, 0.25) is 0 Å². The number of carbonyl (C=O) groups excluding carboxylic acids is 2. The van der Waals surface area contributed by atoms with Gasteiger partial charge in [-0.25, -0.2) is 0 Å². The number of carbonyl (C=O) groups is 2. The Morgan fingerprint density at radius 1 is 1.17 bits per heavy atom. The van der Waals surface area contributed by atoms with Crippen LogP contribution in [0.15, 0.2) is 42.6 Å². The van der Waals surface area contributed by atoms with Crippen LogP contribution in [0, 0.1) is 0 Å². The summed E-state index contributed by atoms with van der Waals surface area (Å²) in [7, 11) is 1.55. The third-order valence-electron chi connectivity index (χ3n) is 2.95. The minimum atomic E-state index is -0.404. The van der Waals surface area contributed by atoms with Gasteiger partial charge in [-0.05, 0) is 36.4 Å². The second-order valence-electron chi connectivity index (χ2n) is 4.64. The average molecular weight is 334 g/mol. The minimum absolute atomic E-state index is 0.152. The molecule has 120 valence electrons. The molecule has 7 heteroatoms. The Labute approximate surface area is 138 Å². The van der Waals surface area contributed by atoms with Gasteiger partial charge < -0.3 is 15.4 Å². The van der Waals surface area contributed by atoms with Crippen LogP contribution in [-0.2, 0) is 4.74 Å². The molecule has 2 amide bonds. The van der Waals surface area contributed by atoms with Gasteiger partial charge in [-0.15, -0.1) is 0 Å². The lowest BCUT2D eigenvalue weighted by Gasteiger charge is -2.07. The maximum atomic E-state index is 12.2.